The highest BCUT2D eigenvalue weighted by molar-refractivity contribution is 5.93. The van der Waals surface area contributed by atoms with Crippen LogP contribution in [0.15, 0.2) is 60.7 Å². The van der Waals surface area contributed by atoms with Gasteiger partial charge in [-0.3, -0.25) is 19.2 Å². The lowest BCUT2D eigenvalue weighted by molar-refractivity contribution is -0.175. The molecule has 0 radical (unpaired) electrons. The summed E-state index contributed by atoms with van der Waals surface area (Å²) in [5.41, 5.74) is 1.30. The Morgan fingerprint density at radius 3 is 1.59 bits per heavy atom. The van der Waals surface area contributed by atoms with Gasteiger partial charge in [-0.1, -0.05) is 116 Å². The standard InChI is InChI=1S/C54H80N4O13/c1-33(2)27-40(55-10)51(64)68-37(9)47(59)56(11)41(28-34(3)4)53(66)70-45(31-38-21-15-13-16-22-38)48(60)57(12)42(29-35(5)6)52(65)69-44-25-19-20-26-58(49(44)61)43(30-36(7)8)54(67)71-46(50(62)63)32-39-23-17-14-18-24-39/h13-18,21-24,33-37,40-46,55H,19-20,25-32H2,1-12H3,(H,62,63)/t37-,40+,41+,42+,43+,44-,45-,46-/m1/s1. The van der Waals surface area contributed by atoms with Crippen molar-refractivity contribution in [2.45, 2.75) is 169 Å². The zero-order valence-corrected chi connectivity index (χ0v) is 44.0. The van der Waals surface area contributed by atoms with Crippen LogP contribution in [0.25, 0.3) is 0 Å². The van der Waals surface area contributed by atoms with Gasteiger partial charge in [-0.15, -0.1) is 0 Å². The first-order valence-electron chi connectivity index (χ1n) is 25.1. The number of carboxylic acids is 1. The molecule has 0 aliphatic carbocycles. The Kier molecular flexibility index (Phi) is 24.2. The molecule has 1 aliphatic rings. The van der Waals surface area contributed by atoms with Gasteiger partial charge < -0.3 is 44.1 Å². The quantitative estimate of drug-likeness (QED) is 0.0773. The number of carbonyl (C=O) groups excluding carboxylic acids is 7. The van der Waals surface area contributed by atoms with Gasteiger partial charge >= 0.3 is 29.8 Å². The number of ether oxygens (including phenoxy) is 4. The largest absolute Gasteiger partial charge is 0.478 e. The first-order valence-corrected chi connectivity index (χ1v) is 25.1. The molecular formula is C54H80N4O13. The molecule has 3 rings (SSSR count). The van der Waals surface area contributed by atoms with Crippen LogP contribution in [0.3, 0.4) is 0 Å². The van der Waals surface area contributed by atoms with Crippen molar-refractivity contribution < 1.29 is 62.4 Å². The van der Waals surface area contributed by atoms with Gasteiger partial charge in [0.1, 0.15) is 24.2 Å². The lowest BCUT2D eigenvalue weighted by Gasteiger charge is -2.35. The third kappa shape index (κ3) is 18.7. The van der Waals surface area contributed by atoms with Crippen LogP contribution >= 0.6 is 0 Å². The van der Waals surface area contributed by atoms with E-state index in [-0.39, 0.29) is 68.7 Å². The molecule has 394 valence electrons. The fourth-order valence-electron chi connectivity index (χ4n) is 8.57. The first kappa shape index (κ1) is 59.5. The van der Waals surface area contributed by atoms with E-state index in [1.165, 1.54) is 35.7 Å². The minimum atomic E-state index is -1.51. The second kappa shape index (κ2) is 28.9. The summed E-state index contributed by atoms with van der Waals surface area (Å²) in [7, 11) is 4.46. The van der Waals surface area contributed by atoms with Crippen molar-refractivity contribution in [1.82, 2.24) is 20.0 Å². The summed E-state index contributed by atoms with van der Waals surface area (Å²) in [6, 6.07) is 13.4. The molecule has 0 spiro atoms. The number of benzene rings is 2. The summed E-state index contributed by atoms with van der Waals surface area (Å²) >= 11 is 0. The number of hydrogen-bond donors (Lipinski definition) is 2. The molecule has 0 saturated carbocycles. The summed E-state index contributed by atoms with van der Waals surface area (Å²) in [6.07, 6.45) is -3.80. The molecule has 71 heavy (non-hydrogen) atoms. The molecule has 0 aromatic heterocycles. The van der Waals surface area contributed by atoms with E-state index in [4.69, 9.17) is 18.9 Å². The number of rotatable bonds is 27. The first-order chi connectivity index (χ1) is 33.4. The maximum absolute atomic E-state index is 14.8. The number of aliphatic carboxylic acids is 1. The Hall–Kier alpha value is -5.84. The molecule has 2 N–H and O–H groups in total. The lowest BCUT2D eigenvalue weighted by Crippen LogP contribution is -2.54. The zero-order valence-electron chi connectivity index (χ0n) is 44.0. The fraction of sp³-hybridized carbons (Fsp3) is 0.630. The predicted molar refractivity (Wildman–Crippen MR) is 266 cm³/mol. The molecule has 0 unspecified atom stereocenters. The van der Waals surface area contributed by atoms with Crippen molar-refractivity contribution in [3.05, 3.63) is 71.8 Å². The highest BCUT2D eigenvalue weighted by atomic mass is 16.6. The molecule has 1 heterocycles. The van der Waals surface area contributed by atoms with Crippen LogP contribution < -0.4 is 5.32 Å². The Balaban J connectivity index is 1.92. The van der Waals surface area contributed by atoms with Crippen molar-refractivity contribution in [3.63, 3.8) is 0 Å². The minimum Gasteiger partial charge on any atom is -0.478 e. The smallest absolute Gasteiger partial charge is 0.345 e. The summed E-state index contributed by atoms with van der Waals surface area (Å²) < 4.78 is 23.3. The summed E-state index contributed by atoms with van der Waals surface area (Å²) in [5.74, 6) is -6.82. The van der Waals surface area contributed by atoms with Gasteiger partial charge in [-0.05, 0) is 93.7 Å². The molecule has 3 amide bonds. The number of nitrogens with one attached hydrogen (secondary N) is 1. The van der Waals surface area contributed by atoms with Crippen LogP contribution in [0.5, 0.6) is 0 Å². The number of carbonyl (C=O) groups is 8. The minimum absolute atomic E-state index is 0.0803. The number of likely N-dealkylation sites (tertiary alicyclic amines) is 1. The molecule has 1 aliphatic heterocycles. The molecule has 8 atom stereocenters. The van der Waals surface area contributed by atoms with Crippen molar-refractivity contribution in [2.75, 3.05) is 27.7 Å². The number of carboxylic acid groups (broad SMARTS) is 1. The molecule has 17 heteroatoms. The zero-order chi connectivity index (χ0) is 53.1. The Morgan fingerprint density at radius 1 is 0.620 bits per heavy atom. The van der Waals surface area contributed by atoms with Crippen LogP contribution in [0.1, 0.15) is 118 Å². The van der Waals surface area contributed by atoms with E-state index in [2.05, 4.69) is 5.32 Å². The molecule has 17 nitrogen and oxygen atoms in total. The number of hydrogen-bond acceptors (Lipinski definition) is 13. The monoisotopic (exact) mass is 993 g/mol. The van der Waals surface area contributed by atoms with E-state index in [0.717, 1.165) is 0 Å². The predicted octanol–water partition coefficient (Wildman–Crippen LogP) is 6.03. The molecule has 2 aromatic rings. The number of esters is 4. The third-order valence-electron chi connectivity index (χ3n) is 12.4. The maximum atomic E-state index is 14.8. The SMILES string of the molecule is CN[C@@H](CC(C)C)C(=O)O[C@H](C)C(=O)N(C)[C@@H](CC(C)C)C(=O)O[C@H](Cc1ccccc1)C(=O)N(C)[C@@H](CC(C)C)C(=O)O[C@@H]1CCCCN([C@@H](CC(C)C)C(=O)O[C@H](Cc2ccccc2)C(=O)O)C1=O. The molecule has 1 saturated heterocycles. The summed E-state index contributed by atoms with van der Waals surface area (Å²) in [6.45, 7) is 16.7. The van der Waals surface area contributed by atoms with Crippen molar-refractivity contribution in [3.8, 4) is 0 Å². The second-order valence-electron chi connectivity index (χ2n) is 20.4. The molecule has 2 aromatic carbocycles. The lowest BCUT2D eigenvalue weighted by atomic mass is 10.00. The van der Waals surface area contributed by atoms with Crippen LogP contribution in [-0.2, 0) is 70.1 Å². The molecule has 1 fully saturated rings. The number of likely N-dealkylation sites (N-methyl/N-ethyl adjacent to an activating group) is 3. The average Bonchev–Trinajstić information content (AvgIpc) is 3.49. The maximum Gasteiger partial charge on any atom is 0.345 e. The van der Waals surface area contributed by atoms with Gasteiger partial charge in [0, 0.05) is 33.5 Å². The van der Waals surface area contributed by atoms with E-state index >= 15 is 0 Å². The van der Waals surface area contributed by atoms with Crippen LogP contribution in [-0.4, -0.2) is 144 Å². The fourth-order valence-corrected chi connectivity index (χ4v) is 8.57. The Labute approximate surface area is 420 Å². The normalized spacial score (nSPS) is 17.0. The van der Waals surface area contributed by atoms with E-state index in [1.54, 1.807) is 67.7 Å². The van der Waals surface area contributed by atoms with Crippen LogP contribution in [0.2, 0.25) is 0 Å². The van der Waals surface area contributed by atoms with E-state index in [9.17, 15) is 43.5 Å². The van der Waals surface area contributed by atoms with Gasteiger partial charge in [0.05, 0.1) is 0 Å². The number of amides is 3. The second-order valence-corrected chi connectivity index (χ2v) is 20.4. The molecular weight excluding hydrogens is 913 g/mol. The van der Waals surface area contributed by atoms with Gasteiger partial charge in [0.25, 0.3) is 17.7 Å². The highest BCUT2D eigenvalue weighted by Gasteiger charge is 2.43. The van der Waals surface area contributed by atoms with Gasteiger partial charge in [0.2, 0.25) is 6.10 Å². The molecule has 0 bridgehead atoms. The van der Waals surface area contributed by atoms with E-state index in [0.29, 0.717) is 30.4 Å². The van der Waals surface area contributed by atoms with Crippen molar-refractivity contribution in [2.24, 2.45) is 23.7 Å². The van der Waals surface area contributed by atoms with Crippen LogP contribution in [0, 0.1) is 23.7 Å². The third-order valence-corrected chi connectivity index (χ3v) is 12.4. The van der Waals surface area contributed by atoms with Gasteiger partial charge in [-0.2, -0.15) is 0 Å². The van der Waals surface area contributed by atoms with Crippen molar-refractivity contribution >= 4 is 47.6 Å². The number of nitrogens with zero attached hydrogens (tertiary/aromatic N) is 3. The van der Waals surface area contributed by atoms with Crippen molar-refractivity contribution in [1.29, 1.82) is 0 Å². The highest BCUT2D eigenvalue weighted by Crippen LogP contribution is 2.26. The van der Waals surface area contributed by atoms with E-state index in [1.807, 2.05) is 55.4 Å². The van der Waals surface area contributed by atoms with Crippen LogP contribution in [0.4, 0.5) is 0 Å². The summed E-state index contributed by atoms with van der Waals surface area (Å²) in [5, 5.41) is 13.0. The van der Waals surface area contributed by atoms with Gasteiger partial charge in [0.15, 0.2) is 18.3 Å². The average molecular weight is 993 g/mol. The van der Waals surface area contributed by atoms with E-state index < -0.39 is 96.2 Å². The summed E-state index contributed by atoms with van der Waals surface area (Å²) in [4.78, 5) is 115. The Bertz CT molecular complexity index is 2060. The van der Waals surface area contributed by atoms with Gasteiger partial charge in [-0.25, -0.2) is 19.2 Å². The Morgan fingerprint density at radius 2 is 1.10 bits per heavy atom. The topological polar surface area (TPSA) is 215 Å².